The standard InChI is InChI=1S/C19H15IN2O2/c20-17-12-11-16(24-17)13-21-22-19(23)18(14-7-3-1-4-8-14)15-9-5-2-6-10-15/h1-13,18H,(H,22,23)/b21-13+. The van der Waals surface area contributed by atoms with Gasteiger partial charge in [0.2, 0.25) is 0 Å². The number of hydrogen-bond acceptors (Lipinski definition) is 3. The lowest BCUT2D eigenvalue weighted by atomic mass is 9.91. The highest BCUT2D eigenvalue weighted by Crippen LogP contribution is 2.24. The Bertz CT molecular complexity index is 789. The number of furan rings is 1. The molecule has 24 heavy (non-hydrogen) atoms. The van der Waals surface area contributed by atoms with Gasteiger partial charge in [-0.2, -0.15) is 5.10 Å². The molecule has 5 heteroatoms. The van der Waals surface area contributed by atoms with Crippen molar-refractivity contribution in [3.8, 4) is 0 Å². The molecule has 1 N–H and O–H groups in total. The molecule has 0 saturated heterocycles. The van der Waals surface area contributed by atoms with Crippen LogP contribution in [0.25, 0.3) is 0 Å². The Morgan fingerprint density at radius 2 is 1.54 bits per heavy atom. The molecule has 2 aromatic carbocycles. The van der Waals surface area contributed by atoms with Crippen molar-refractivity contribution in [3.05, 3.63) is 93.5 Å². The minimum Gasteiger partial charge on any atom is -0.449 e. The highest BCUT2D eigenvalue weighted by Gasteiger charge is 2.22. The maximum atomic E-state index is 12.7. The summed E-state index contributed by atoms with van der Waals surface area (Å²) >= 11 is 2.08. The summed E-state index contributed by atoms with van der Waals surface area (Å²) in [5.74, 6) is -0.0122. The summed E-state index contributed by atoms with van der Waals surface area (Å²) in [5, 5.41) is 4.01. The van der Waals surface area contributed by atoms with Crippen LogP contribution in [0.4, 0.5) is 0 Å². The topological polar surface area (TPSA) is 54.6 Å². The SMILES string of the molecule is O=C(N/N=C/c1ccc(I)o1)C(c1ccccc1)c1ccccc1. The van der Waals surface area contributed by atoms with Crippen LogP contribution in [0.5, 0.6) is 0 Å². The van der Waals surface area contributed by atoms with Gasteiger partial charge in [0.05, 0.1) is 12.1 Å². The molecule has 0 fully saturated rings. The van der Waals surface area contributed by atoms with E-state index in [1.807, 2.05) is 66.7 Å². The summed E-state index contributed by atoms with van der Waals surface area (Å²) in [5.41, 5.74) is 4.45. The van der Waals surface area contributed by atoms with E-state index in [1.165, 1.54) is 6.21 Å². The molecule has 0 radical (unpaired) electrons. The van der Waals surface area contributed by atoms with E-state index in [1.54, 1.807) is 6.07 Å². The van der Waals surface area contributed by atoms with Crippen molar-refractivity contribution in [2.24, 2.45) is 5.10 Å². The first-order valence-electron chi connectivity index (χ1n) is 7.42. The fourth-order valence-corrected chi connectivity index (χ4v) is 2.84. The zero-order chi connectivity index (χ0) is 16.8. The Balaban J connectivity index is 1.80. The lowest BCUT2D eigenvalue weighted by Crippen LogP contribution is -2.26. The first-order chi connectivity index (χ1) is 11.7. The molecule has 0 aliphatic rings. The normalized spacial score (nSPS) is 11.1. The van der Waals surface area contributed by atoms with Crippen molar-refractivity contribution >= 4 is 34.7 Å². The molecule has 0 aliphatic heterocycles. The second-order valence-electron chi connectivity index (χ2n) is 5.13. The number of hydrazone groups is 1. The molecule has 0 unspecified atom stereocenters. The van der Waals surface area contributed by atoms with E-state index < -0.39 is 5.92 Å². The third kappa shape index (κ3) is 4.11. The monoisotopic (exact) mass is 430 g/mol. The van der Waals surface area contributed by atoms with Gasteiger partial charge < -0.3 is 4.42 Å². The molecule has 3 aromatic rings. The molecule has 1 amide bonds. The first kappa shape index (κ1) is 16.4. The lowest BCUT2D eigenvalue weighted by Gasteiger charge is -2.16. The highest BCUT2D eigenvalue weighted by molar-refractivity contribution is 14.1. The van der Waals surface area contributed by atoms with Gasteiger partial charge in [-0.15, -0.1) is 0 Å². The Morgan fingerprint density at radius 1 is 0.958 bits per heavy atom. The fourth-order valence-electron chi connectivity index (χ4n) is 2.41. The number of carbonyl (C=O) groups is 1. The van der Waals surface area contributed by atoms with Crippen molar-refractivity contribution in [2.75, 3.05) is 0 Å². The van der Waals surface area contributed by atoms with E-state index >= 15 is 0 Å². The van der Waals surface area contributed by atoms with Gasteiger partial charge in [-0.3, -0.25) is 4.79 Å². The number of carbonyl (C=O) groups excluding carboxylic acids is 1. The third-order valence-electron chi connectivity index (χ3n) is 3.49. The molecule has 0 atom stereocenters. The molecular weight excluding hydrogens is 415 g/mol. The van der Waals surface area contributed by atoms with Crippen LogP contribution < -0.4 is 5.43 Å². The van der Waals surface area contributed by atoms with Gasteiger partial charge >= 0.3 is 0 Å². The summed E-state index contributed by atoms with van der Waals surface area (Å²) < 4.78 is 6.15. The van der Waals surface area contributed by atoms with E-state index in [0.29, 0.717) is 5.76 Å². The lowest BCUT2D eigenvalue weighted by molar-refractivity contribution is -0.121. The number of amides is 1. The molecule has 0 bridgehead atoms. The van der Waals surface area contributed by atoms with Crippen LogP contribution in [-0.4, -0.2) is 12.1 Å². The molecule has 120 valence electrons. The largest absolute Gasteiger partial charge is 0.449 e. The van der Waals surface area contributed by atoms with Crippen molar-refractivity contribution in [2.45, 2.75) is 5.92 Å². The predicted molar refractivity (Wildman–Crippen MR) is 102 cm³/mol. The molecule has 1 heterocycles. The van der Waals surface area contributed by atoms with Crippen LogP contribution in [0.3, 0.4) is 0 Å². The van der Waals surface area contributed by atoms with Crippen LogP contribution in [0, 0.1) is 3.77 Å². The minimum absolute atomic E-state index is 0.190. The van der Waals surface area contributed by atoms with Gasteiger partial charge in [-0.1, -0.05) is 60.7 Å². The summed E-state index contributed by atoms with van der Waals surface area (Å²) in [6.45, 7) is 0. The maximum absolute atomic E-state index is 12.7. The number of benzene rings is 2. The van der Waals surface area contributed by atoms with Gasteiger partial charge in [0.1, 0.15) is 5.76 Å². The molecule has 3 rings (SSSR count). The van der Waals surface area contributed by atoms with Gasteiger partial charge in [-0.25, -0.2) is 5.43 Å². The van der Waals surface area contributed by atoms with Crippen LogP contribution in [0.15, 0.2) is 82.3 Å². The van der Waals surface area contributed by atoms with E-state index in [0.717, 1.165) is 14.9 Å². The Hall–Kier alpha value is -2.41. The number of hydrogen-bond donors (Lipinski definition) is 1. The van der Waals surface area contributed by atoms with E-state index in [4.69, 9.17) is 4.42 Å². The Labute approximate surface area is 153 Å². The van der Waals surface area contributed by atoms with Crippen LogP contribution in [-0.2, 0) is 4.79 Å². The summed E-state index contributed by atoms with van der Waals surface area (Å²) in [6.07, 6.45) is 1.49. The van der Waals surface area contributed by atoms with Gasteiger partial charge in [-0.05, 0) is 45.9 Å². The van der Waals surface area contributed by atoms with Crippen molar-refractivity contribution in [1.82, 2.24) is 5.43 Å². The van der Waals surface area contributed by atoms with Gasteiger partial charge in [0, 0.05) is 0 Å². The summed E-state index contributed by atoms with van der Waals surface area (Å²) in [6, 6.07) is 22.9. The fraction of sp³-hybridized carbons (Fsp3) is 0.0526. The first-order valence-corrected chi connectivity index (χ1v) is 8.50. The van der Waals surface area contributed by atoms with E-state index in [-0.39, 0.29) is 5.91 Å². The van der Waals surface area contributed by atoms with Crippen molar-refractivity contribution in [1.29, 1.82) is 0 Å². The second-order valence-corrected chi connectivity index (χ2v) is 6.19. The zero-order valence-corrected chi connectivity index (χ0v) is 14.9. The molecule has 0 spiro atoms. The molecule has 4 nitrogen and oxygen atoms in total. The summed E-state index contributed by atoms with van der Waals surface area (Å²) in [7, 11) is 0. The molecular formula is C19H15IN2O2. The Morgan fingerprint density at radius 3 is 2.04 bits per heavy atom. The average molecular weight is 430 g/mol. The average Bonchev–Trinajstić information content (AvgIpc) is 3.02. The number of nitrogens with one attached hydrogen (secondary N) is 1. The summed E-state index contributed by atoms with van der Waals surface area (Å²) in [4.78, 5) is 12.7. The third-order valence-corrected chi connectivity index (χ3v) is 4.07. The number of halogens is 1. The molecule has 0 saturated carbocycles. The molecule has 0 aliphatic carbocycles. The maximum Gasteiger partial charge on any atom is 0.252 e. The zero-order valence-electron chi connectivity index (χ0n) is 12.7. The number of nitrogens with zero attached hydrogens (tertiary/aromatic N) is 1. The minimum atomic E-state index is -0.415. The van der Waals surface area contributed by atoms with Crippen molar-refractivity contribution < 1.29 is 9.21 Å². The van der Waals surface area contributed by atoms with Gasteiger partial charge in [0.15, 0.2) is 3.77 Å². The van der Waals surface area contributed by atoms with Crippen molar-refractivity contribution in [3.63, 3.8) is 0 Å². The quantitative estimate of drug-likeness (QED) is 0.376. The van der Waals surface area contributed by atoms with E-state index in [2.05, 4.69) is 33.1 Å². The van der Waals surface area contributed by atoms with Crippen LogP contribution in [0.2, 0.25) is 0 Å². The smallest absolute Gasteiger partial charge is 0.252 e. The van der Waals surface area contributed by atoms with E-state index in [9.17, 15) is 4.79 Å². The number of rotatable bonds is 5. The second kappa shape index (κ2) is 7.92. The van der Waals surface area contributed by atoms with Gasteiger partial charge in [0.25, 0.3) is 5.91 Å². The predicted octanol–water partition coefficient (Wildman–Crippen LogP) is 4.17. The molecule has 1 aromatic heterocycles. The highest BCUT2D eigenvalue weighted by atomic mass is 127. The van der Waals surface area contributed by atoms with Crippen LogP contribution in [0.1, 0.15) is 22.8 Å². The van der Waals surface area contributed by atoms with Crippen LogP contribution >= 0.6 is 22.6 Å². The Kier molecular flexibility index (Phi) is 5.43.